The van der Waals surface area contributed by atoms with Crippen molar-refractivity contribution in [1.29, 1.82) is 0 Å². The Morgan fingerprint density at radius 2 is 1.65 bits per heavy atom. The second-order valence-corrected chi connectivity index (χ2v) is 12.3. The lowest BCUT2D eigenvalue weighted by atomic mass is 10.00. The number of nitrogens with zero attached hydrogens (tertiary/aromatic N) is 3. The Kier molecular flexibility index (Phi) is 13.9. The molecule has 9 nitrogen and oxygen atoms in total. The van der Waals surface area contributed by atoms with Gasteiger partial charge >= 0.3 is 6.09 Å². The van der Waals surface area contributed by atoms with Crippen LogP contribution in [0, 0.1) is 11.6 Å². The van der Waals surface area contributed by atoms with Crippen LogP contribution in [0.1, 0.15) is 48.9 Å². The first-order chi connectivity index (χ1) is 23.1. The van der Waals surface area contributed by atoms with E-state index in [9.17, 15) is 28.3 Å². The number of amides is 3. The van der Waals surface area contributed by atoms with E-state index in [1.807, 2.05) is 61.5 Å². The first kappa shape index (κ1) is 36.5. The molecule has 48 heavy (non-hydrogen) atoms. The number of nitrogens with one attached hydrogen (secondary N) is 1. The number of piperazine rings is 1. The van der Waals surface area contributed by atoms with E-state index in [1.54, 1.807) is 9.80 Å². The van der Waals surface area contributed by atoms with Gasteiger partial charge in [0, 0.05) is 32.2 Å². The molecule has 3 amide bonds. The molecule has 3 aromatic rings. The van der Waals surface area contributed by atoms with Gasteiger partial charge in [-0.3, -0.25) is 14.5 Å². The van der Waals surface area contributed by atoms with Crippen molar-refractivity contribution in [1.82, 2.24) is 20.0 Å². The summed E-state index contributed by atoms with van der Waals surface area (Å²) < 4.78 is 33.9. The maximum atomic E-state index is 14.1. The van der Waals surface area contributed by atoms with Gasteiger partial charge in [0.25, 0.3) is 0 Å². The van der Waals surface area contributed by atoms with Crippen molar-refractivity contribution in [2.24, 2.45) is 0 Å². The number of hydrogen-bond acceptors (Lipinski definition) is 6. The zero-order valence-electron chi connectivity index (χ0n) is 27.7. The van der Waals surface area contributed by atoms with Gasteiger partial charge in [-0.15, -0.1) is 0 Å². The second kappa shape index (κ2) is 18.3. The molecule has 1 saturated heterocycles. The molecule has 3 aromatic carbocycles. The molecule has 0 unspecified atom stereocenters. The molecule has 0 radical (unpaired) electrons. The van der Waals surface area contributed by atoms with Crippen LogP contribution in [0.2, 0.25) is 0 Å². The van der Waals surface area contributed by atoms with Crippen LogP contribution in [0.25, 0.3) is 0 Å². The summed E-state index contributed by atoms with van der Waals surface area (Å²) in [6.07, 6.45) is 0.568. The van der Waals surface area contributed by atoms with E-state index in [0.29, 0.717) is 19.6 Å². The number of carbonyl (C=O) groups is 3. The molecule has 1 heterocycles. The Labute approximate surface area is 281 Å². The third-order valence-electron chi connectivity index (χ3n) is 8.38. The van der Waals surface area contributed by atoms with Crippen LogP contribution in [0.15, 0.2) is 72.8 Å². The highest BCUT2D eigenvalue weighted by atomic mass is 19.1. The fourth-order valence-electron chi connectivity index (χ4n) is 5.73. The quantitative estimate of drug-likeness (QED) is 0.230. The Morgan fingerprint density at radius 3 is 2.33 bits per heavy atom. The monoisotopic (exact) mass is 664 g/mol. The number of carbonyl (C=O) groups excluding carboxylic acids is 3. The van der Waals surface area contributed by atoms with Crippen molar-refractivity contribution in [2.45, 2.75) is 64.8 Å². The third kappa shape index (κ3) is 11.4. The first-order valence-corrected chi connectivity index (χ1v) is 16.6. The molecule has 0 bridgehead atoms. The van der Waals surface area contributed by atoms with Crippen molar-refractivity contribution >= 4 is 17.9 Å². The van der Waals surface area contributed by atoms with E-state index in [1.165, 1.54) is 4.90 Å². The van der Waals surface area contributed by atoms with Crippen LogP contribution in [0.4, 0.5) is 13.6 Å². The van der Waals surface area contributed by atoms with Crippen molar-refractivity contribution in [2.75, 3.05) is 39.3 Å². The number of aryl methyl sites for hydroxylation is 1. The van der Waals surface area contributed by atoms with Gasteiger partial charge in [-0.2, -0.15) is 0 Å². The normalized spacial score (nSPS) is 14.8. The molecule has 0 spiro atoms. The van der Waals surface area contributed by atoms with Crippen molar-refractivity contribution in [3.05, 3.63) is 107 Å². The number of benzene rings is 3. The number of hydrogen-bond donors (Lipinski definition) is 2. The maximum Gasteiger partial charge on any atom is 0.410 e. The molecule has 1 aliphatic heterocycles. The lowest BCUT2D eigenvalue weighted by molar-refractivity contribution is -0.137. The SMILES string of the molecule is CCCCN1CCN(CC(=O)N[C@@H](Cc2cc(F)cc(F)c2)[C@H](O)CN(Cc2cccc(CC)c2)C(=O)OCc2ccccc2)CC1=O. The van der Waals surface area contributed by atoms with E-state index in [4.69, 9.17) is 4.74 Å². The second-order valence-electron chi connectivity index (χ2n) is 12.3. The predicted molar refractivity (Wildman–Crippen MR) is 179 cm³/mol. The summed E-state index contributed by atoms with van der Waals surface area (Å²) in [6, 6.07) is 19.0. The zero-order valence-corrected chi connectivity index (χ0v) is 27.7. The molecular weight excluding hydrogens is 618 g/mol. The minimum absolute atomic E-state index is 0.0223. The standard InChI is InChI=1S/C37H46F2N4O5/c1-3-5-14-42-16-15-41(25-36(42)46)24-35(45)40-33(20-30-18-31(38)21-32(39)19-30)34(44)23-43(22-29-13-9-12-27(4-2)17-29)37(47)48-26-28-10-7-6-8-11-28/h6-13,17-19,21,33-34,44H,3-5,14-16,20,22-26H2,1-2H3,(H,40,45)/t33-,34+/m0/s1. The summed E-state index contributed by atoms with van der Waals surface area (Å²) in [5.41, 5.74) is 2.93. The highest BCUT2D eigenvalue weighted by molar-refractivity contribution is 5.82. The van der Waals surface area contributed by atoms with Crippen molar-refractivity contribution in [3.8, 4) is 0 Å². The summed E-state index contributed by atoms with van der Waals surface area (Å²) in [5.74, 6) is -2.08. The fraction of sp³-hybridized carbons (Fsp3) is 0.432. The molecule has 2 N–H and O–H groups in total. The lowest BCUT2D eigenvalue weighted by Gasteiger charge is -2.34. The molecular formula is C37H46F2N4O5. The molecule has 0 saturated carbocycles. The number of rotatable bonds is 16. The molecule has 11 heteroatoms. The van der Waals surface area contributed by atoms with E-state index >= 15 is 0 Å². The maximum absolute atomic E-state index is 14.1. The van der Waals surface area contributed by atoms with Crippen molar-refractivity contribution in [3.63, 3.8) is 0 Å². The predicted octanol–water partition coefficient (Wildman–Crippen LogP) is 4.70. The fourth-order valence-corrected chi connectivity index (χ4v) is 5.73. The van der Waals surface area contributed by atoms with Crippen LogP contribution in [-0.4, -0.2) is 89.1 Å². The number of ether oxygens (including phenoxy) is 1. The number of aliphatic hydroxyl groups is 1. The summed E-state index contributed by atoms with van der Waals surface area (Å²) in [6.45, 7) is 5.71. The average molecular weight is 665 g/mol. The molecule has 0 aliphatic carbocycles. The Morgan fingerprint density at radius 1 is 0.938 bits per heavy atom. The van der Waals surface area contributed by atoms with Gasteiger partial charge in [0.15, 0.2) is 0 Å². The van der Waals surface area contributed by atoms with E-state index in [-0.39, 0.29) is 50.7 Å². The molecule has 1 fully saturated rings. The van der Waals surface area contributed by atoms with Gasteiger partial charge < -0.3 is 25.0 Å². The van der Waals surface area contributed by atoms with Gasteiger partial charge in [-0.1, -0.05) is 74.9 Å². The number of unbranched alkanes of at least 4 members (excludes halogenated alkanes) is 1. The largest absolute Gasteiger partial charge is 0.445 e. The summed E-state index contributed by atoms with van der Waals surface area (Å²) >= 11 is 0. The van der Waals surface area contributed by atoms with Gasteiger partial charge in [0.2, 0.25) is 11.8 Å². The highest BCUT2D eigenvalue weighted by Crippen LogP contribution is 2.16. The van der Waals surface area contributed by atoms with Crippen LogP contribution in [0.5, 0.6) is 0 Å². The number of halogens is 2. The third-order valence-corrected chi connectivity index (χ3v) is 8.38. The topological polar surface area (TPSA) is 102 Å². The molecule has 2 atom stereocenters. The minimum atomic E-state index is -1.34. The van der Waals surface area contributed by atoms with Gasteiger partial charge in [-0.25, -0.2) is 13.6 Å². The summed E-state index contributed by atoms with van der Waals surface area (Å²) in [7, 11) is 0. The van der Waals surface area contributed by atoms with E-state index in [2.05, 4.69) is 12.2 Å². The smallest absolute Gasteiger partial charge is 0.410 e. The van der Waals surface area contributed by atoms with Crippen LogP contribution < -0.4 is 5.32 Å². The first-order valence-electron chi connectivity index (χ1n) is 16.6. The van der Waals surface area contributed by atoms with Gasteiger partial charge in [0.1, 0.15) is 18.2 Å². The van der Waals surface area contributed by atoms with Crippen LogP contribution in [0.3, 0.4) is 0 Å². The highest BCUT2D eigenvalue weighted by Gasteiger charge is 2.30. The Bertz CT molecular complexity index is 1490. The summed E-state index contributed by atoms with van der Waals surface area (Å²) in [5, 5.41) is 14.4. The molecule has 258 valence electrons. The zero-order chi connectivity index (χ0) is 34.5. The minimum Gasteiger partial charge on any atom is -0.445 e. The van der Waals surface area contributed by atoms with E-state index in [0.717, 1.165) is 54.2 Å². The summed E-state index contributed by atoms with van der Waals surface area (Å²) in [4.78, 5) is 44.3. The Balaban J connectivity index is 1.50. The Hall–Kier alpha value is -4.35. The van der Waals surface area contributed by atoms with Crippen LogP contribution >= 0.6 is 0 Å². The van der Waals surface area contributed by atoms with Crippen LogP contribution in [-0.2, 0) is 40.3 Å². The van der Waals surface area contributed by atoms with Crippen molar-refractivity contribution < 1.29 is 33.0 Å². The lowest BCUT2D eigenvalue weighted by Crippen LogP contribution is -2.55. The van der Waals surface area contributed by atoms with E-state index < -0.39 is 35.8 Å². The average Bonchev–Trinajstić information content (AvgIpc) is 3.06. The number of aliphatic hydroxyl groups excluding tert-OH is 1. The molecule has 0 aromatic heterocycles. The molecule has 4 rings (SSSR count). The molecule has 1 aliphatic rings. The van der Waals surface area contributed by atoms with Gasteiger partial charge in [0.05, 0.1) is 31.8 Å². The van der Waals surface area contributed by atoms with Gasteiger partial charge in [-0.05, 0) is 53.6 Å².